The Labute approximate surface area is 178 Å². The van der Waals surface area contributed by atoms with E-state index in [4.69, 9.17) is 14.2 Å². The summed E-state index contributed by atoms with van der Waals surface area (Å²) in [4.78, 5) is 16.9. The minimum absolute atomic E-state index is 0.0474. The van der Waals surface area contributed by atoms with Gasteiger partial charge in [-0.15, -0.1) is 11.8 Å². The van der Waals surface area contributed by atoms with Crippen molar-refractivity contribution in [2.75, 3.05) is 13.7 Å². The van der Waals surface area contributed by atoms with Crippen molar-refractivity contribution in [2.24, 2.45) is 0 Å². The number of thioether (sulfide) groups is 1. The minimum atomic E-state index is -0.767. The second-order valence-corrected chi connectivity index (χ2v) is 9.94. The first-order valence-corrected chi connectivity index (χ1v) is 10.9. The molecule has 0 saturated carbocycles. The lowest BCUT2D eigenvalue weighted by molar-refractivity contribution is -0.0771. The largest absolute Gasteiger partial charge is 0.444 e. The minimum Gasteiger partial charge on any atom is -0.444 e. The molecule has 1 fully saturated rings. The summed E-state index contributed by atoms with van der Waals surface area (Å²) in [5.74, 6) is 0. The average Bonchev–Trinajstić information content (AvgIpc) is 3.18. The van der Waals surface area contributed by atoms with Crippen LogP contribution in [0.25, 0.3) is 0 Å². The molecule has 1 aromatic carbocycles. The van der Waals surface area contributed by atoms with E-state index in [0.29, 0.717) is 13.2 Å². The summed E-state index contributed by atoms with van der Waals surface area (Å²) in [6.45, 7) is 10.3. The molecular weight excluding hydrogens is 388 g/mol. The lowest BCUT2D eigenvalue weighted by Crippen LogP contribution is -2.57. The van der Waals surface area contributed by atoms with Gasteiger partial charge in [-0.25, -0.2) is 4.79 Å². The third kappa shape index (κ3) is 5.27. The van der Waals surface area contributed by atoms with Gasteiger partial charge in [0.05, 0.1) is 19.3 Å². The number of rotatable bonds is 5. The third-order valence-corrected chi connectivity index (χ3v) is 6.13. The smallest absolute Gasteiger partial charge is 0.412 e. The topological polar surface area (TPSA) is 51.2 Å². The molecule has 6 nitrogen and oxygen atoms in total. The van der Waals surface area contributed by atoms with Crippen molar-refractivity contribution in [1.29, 1.82) is 0 Å². The van der Waals surface area contributed by atoms with Gasteiger partial charge in [0.2, 0.25) is 0 Å². The van der Waals surface area contributed by atoms with Gasteiger partial charge < -0.3 is 19.1 Å². The number of benzene rings is 1. The van der Waals surface area contributed by atoms with Crippen molar-refractivity contribution in [2.45, 2.75) is 70.1 Å². The summed E-state index contributed by atoms with van der Waals surface area (Å²) in [5, 5.41) is 2.11. The predicted octanol–water partition coefficient (Wildman–Crippen LogP) is 4.42. The molecular formula is C22H32N2O4S. The number of amides is 1. The maximum atomic E-state index is 13.1. The molecule has 1 saturated heterocycles. The fourth-order valence-corrected chi connectivity index (χ4v) is 4.69. The molecule has 0 aromatic heterocycles. The van der Waals surface area contributed by atoms with Crippen LogP contribution in [-0.2, 0) is 20.8 Å². The predicted molar refractivity (Wildman–Crippen MR) is 115 cm³/mol. The number of carbonyl (C=O) groups excluding carboxylic acids is 1. The van der Waals surface area contributed by atoms with Gasteiger partial charge in [0.25, 0.3) is 0 Å². The molecule has 7 heteroatoms. The van der Waals surface area contributed by atoms with E-state index in [-0.39, 0.29) is 23.6 Å². The van der Waals surface area contributed by atoms with Crippen molar-refractivity contribution in [3.63, 3.8) is 0 Å². The Morgan fingerprint density at radius 2 is 2.00 bits per heavy atom. The summed E-state index contributed by atoms with van der Waals surface area (Å²) < 4.78 is 18.2. The van der Waals surface area contributed by atoms with E-state index < -0.39 is 11.3 Å². The molecule has 0 N–H and O–H groups in total. The van der Waals surface area contributed by atoms with Crippen LogP contribution in [0.15, 0.2) is 41.9 Å². The Balaban J connectivity index is 1.85. The summed E-state index contributed by atoms with van der Waals surface area (Å²) in [6.07, 6.45) is 1.40. The summed E-state index contributed by atoms with van der Waals surface area (Å²) >= 11 is 1.69. The van der Waals surface area contributed by atoms with E-state index in [0.717, 1.165) is 5.56 Å². The van der Waals surface area contributed by atoms with Crippen LogP contribution in [0.1, 0.15) is 40.2 Å². The molecule has 29 heavy (non-hydrogen) atoms. The van der Waals surface area contributed by atoms with Crippen LogP contribution in [0.5, 0.6) is 0 Å². The molecule has 3 atom stereocenters. The molecule has 0 spiro atoms. The first kappa shape index (κ1) is 22.0. The second kappa shape index (κ2) is 8.58. The highest BCUT2D eigenvalue weighted by atomic mass is 32.2. The van der Waals surface area contributed by atoms with Crippen molar-refractivity contribution in [3.8, 4) is 0 Å². The molecule has 0 bridgehead atoms. The van der Waals surface area contributed by atoms with Crippen LogP contribution in [-0.4, -0.2) is 58.4 Å². The Bertz CT molecular complexity index is 732. The Kier molecular flexibility index (Phi) is 6.51. The van der Waals surface area contributed by atoms with Gasteiger partial charge in [-0.3, -0.25) is 4.90 Å². The highest BCUT2D eigenvalue weighted by Crippen LogP contribution is 2.37. The normalized spacial score (nSPS) is 24.8. The van der Waals surface area contributed by atoms with Gasteiger partial charge in [0.15, 0.2) is 0 Å². The zero-order valence-corrected chi connectivity index (χ0v) is 18.9. The highest BCUT2D eigenvalue weighted by Gasteiger charge is 2.51. The maximum absolute atomic E-state index is 13.1. The highest BCUT2D eigenvalue weighted by molar-refractivity contribution is 8.02. The van der Waals surface area contributed by atoms with Crippen LogP contribution in [0.3, 0.4) is 0 Å². The van der Waals surface area contributed by atoms with Gasteiger partial charge in [0.1, 0.15) is 22.8 Å². The molecule has 0 radical (unpaired) electrons. The lowest BCUT2D eigenvalue weighted by atomic mass is 10.1. The van der Waals surface area contributed by atoms with E-state index in [1.165, 1.54) is 0 Å². The average molecular weight is 421 g/mol. The van der Waals surface area contributed by atoms with Gasteiger partial charge in [-0.05, 0) is 45.6 Å². The van der Waals surface area contributed by atoms with E-state index in [1.54, 1.807) is 16.7 Å². The first-order chi connectivity index (χ1) is 13.6. The zero-order chi connectivity index (χ0) is 21.2. The van der Waals surface area contributed by atoms with Crippen LogP contribution < -0.4 is 0 Å². The Morgan fingerprint density at radius 3 is 2.59 bits per heavy atom. The van der Waals surface area contributed by atoms with E-state index in [2.05, 4.69) is 10.3 Å². The molecule has 2 heterocycles. The molecule has 0 aliphatic carbocycles. The molecule has 1 unspecified atom stereocenters. The number of nitrogens with zero attached hydrogens (tertiary/aromatic N) is 2. The van der Waals surface area contributed by atoms with Gasteiger partial charge in [0, 0.05) is 13.2 Å². The summed E-state index contributed by atoms with van der Waals surface area (Å²) in [6, 6.07) is 9.82. The summed E-state index contributed by atoms with van der Waals surface area (Å²) in [7, 11) is 2.03. The van der Waals surface area contributed by atoms with Crippen molar-refractivity contribution in [1.82, 2.24) is 9.80 Å². The van der Waals surface area contributed by atoms with E-state index in [9.17, 15) is 4.79 Å². The monoisotopic (exact) mass is 420 g/mol. The van der Waals surface area contributed by atoms with Crippen molar-refractivity contribution >= 4 is 17.9 Å². The molecule has 1 amide bonds. The van der Waals surface area contributed by atoms with Gasteiger partial charge in [-0.2, -0.15) is 0 Å². The van der Waals surface area contributed by atoms with Crippen LogP contribution in [0, 0.1) is 0 Å². The van der Waals surface area contributed by atoms with Crippen molar-refractivity contribution in [3.05, 3.63) is 47.5 Å². The fraction of sp³-hybridized carbons (Fsp3) is 0.591. The molecule has 2 aliphatic heterocycles. The molecule has 3 rings (SSSR count). The second-order valence-electron chi connectivity index (χ2n) is 8.91. The molecule has 160 valence electrons. The lowest BCUT2D eigenvalue weighted by Gasteiger charge is -2.40. The number of hydrogen-bond acceptors (Lipinski definition) is 6. The summed E-state index contributed by atoms with van der Waals surface area (Å²) in [5.41, 5.74) is -0.254. The number of hydrogen-bond donors (Lipinski definition) is 0. The standard InChI is InChI=1S/C22H32N2O4S/c1-21(2,3)28-20(25)24-17(15-27-22(24,4)5)18(19-23(6)12-13-29-19)26-14-16-10-8-7-9-11-16/h7-13,17-19H,14-15H2,1-6H3/t17-,18+,19?/m1/s1. The zero-order valence-electron chi connectivity index (χ0n) is 18.1. The quantitative estimate of drug-likeness (QED) is 0.703. The maximum Gasteiger partial charge on any atom is 0.412 e. The fourth-order valence-electron chi connectivity index (χ4n) is 3.59. The Morgan fingerprint density at radius 1 is 1.31 bits per heavy atom. The number of ether oxygens (including phenoxy) is 3. The molecule has 2 aliphatic rings. The molecule has 1 aromatic rings. The van der Waals surface area contributed by atoms with Crippen LogP contribution >= 0.6 is 11.8 Å². The van der Waals surface area contributed by atoms with E-state index in [1.807, 2.05) is 78.2 Å². The number of likely N-dealkylation sites (N-methyl/N-ethyl adjacent to an activating group) is 1. The SMILES string of the molecule is CN1C=CSC1[C@@H](OCc1ccccc1)[C@H]1COC(C)(C)N1C(=O)OC(C)(C)C. The van der Waals surface area contributed by atoms with Crippen LogP contribution in [0.4, 0.5) is 4.79 Å². The Hall–Kier alpha value is -1.70. The third-order valence-electron chi connectivity index (χ3n) is 4.97. The van der Waals surface area contributed by atoms with E-state index >= 15 is 0 Å². The number of carbonyl (C=O) groups is 1. The van der Waals surface area contributed by atoms with Gasteiger partial charge >= 0.3 is 6.09 Å². The first-order valence-electron chi connectivity index (χ1n) is 9.94. The van der Waals surface area contributed by atoms with Gasteiger partial charge in [-0.1, -0.05) is 30.3 Å². The van der Waals surface area contributed by atoms with Crippen LogP contribution in [0.2, 0.25) is 0 Å². The van der Waals surface area contributed by atoms with Crippen molar-refractivity contribution < 1.29 is 19.0 Å².